The molecule has 2 saturated heterocycles. The Morgan fingerprint density at radius 2 is 1.87 bits per heavy atom. The summed E-state index contributed by atoms with van der Waals surface area (Å²) in [6, 6.07) is 5.90. The van der Waals surface area contributed by atoms with Crippen LogP contribution in [0.1, 0.15) is 12.8 Å². The Bertz CT molecular complexity index is 537. The van der Waals surface area contributed by atoms with Crippen molar-refractivity contribution in [3.05, 3.63) is 18.2 Å². The summed E-state index contributed by atoms with van der Waals surface area (Å²) in [5.74, 6) is 1.26. The molecule has 0 saturated carbocycles. The van der Waals surface area contributed by atoms with E-state index in [1.807, 2.05) is 18.2 Å². The molecule has 0 spiro atoms. The second kappa shape index (κ2) is 7.55. The minimum absolute atomic E-state index is 0.0148. The van der Waals surface area contributed by atoms with Gasteiger partial charge in [-0.05, 0) is 25.0 Å². The van der Waals surface area contributed by atoms with Crippen LogP contribution in [0.5, 0.6) is 11.5 Å². The number of methoxy groups -OCH3 is 1. The third kappa shape index (κ3) is 3.88. The van der Waals surface area contributed by atoms with E-state index in [9.17, 15) is 4.79 Å². The smallest absolute Gasteiger partial charge is 0.260 e. The van der Waals surface area contributed by atoms with Gasteiger partial charge >= 0.3 is 0 Å². The molecular formula is C17H24N2O4. The quantitative estimate of drug-likeness (QED) is 0.823. The molecule has 1 amide bonds. The zero-order chi connectivity index (χ0) is 16.1. The van der Waals surface area contributed by atoms with Gasteiger partial charge in [-0.2, -0.15) is 0 Å². The summed E-state index contributed by atoms with van der Waals surface area (Å²) in [6.07, 6.45) is 2.46. The average Bonchev–Trinajstić information content (AvgIpc) is 3.15. The first-order valence-electron chi connectivity index (χ1n) is 8.19. The molecule has 2 aliphatic rings. The van der Waals surface area contributed by atoms with Crippen molar-refractivity contribution in [2.45, 2.75) is 12.8 Å². The molecule has 0 radical (unpaired) electrons. The maximum absolute atomic E-state index is 12.1. The second-order valence-corrected chi connectivity index (χ2v) is 5.81. The van der Waals surface area contributed by atoms with Crippen molar-refractivity contribution in [2.75, 3.05) is 58.0 Å². The van der Waals surface area contributed by atoms with Gasteiger partial charge in [0.15, 0.2) is 18.1 Å². The number of hydrogen-bond donors (Lipinski definition) is 0. The van der Waals surface area contributed by atoms with Crippen molar-refractivity contribution in [3.63, 3.8) is 0 Å². The summed E-state index contributed by atoms with van der Waals surface area (Å²) in [7, 11) is 1.62. The van der Waals surface area contributed by atoms with Crippen molar-refractivity contribution in [2.24, 2.45) is 0 Å². The van der Waals surface area contributed by atoms with Gasteiger partial charge < -0.3 is 24.0 Å². The van der Waals surface area contributed by atoms with Gasteiger partial charge in [-0.15, -0.1) is 0 Å². The lowest BCUT2D eigenvalue weighted by Crippen LogP contribution is -2.43. The zero-order valence-corrected chi connectivity index (χ0v) is 13.6. The van der Waals surface area contributed by atoms with Gasteiger partial charge in [0.05, 0.1) is 20.3 Å². The van der Waals surface area contributed by atoms with E-state index in [-0.39, 0.29) is 12.5 Å². The van der Waals surface area contributed by atoms with Crippen molar-refractivity contribution in [3.8, 4) is 11.5 Å². The predicted octanol–water partition coefficient (Wildman–Crippen LogP) is 1.53. The Labute approximate surface area is 136 Å². The number of rotatable bonds is 5. The zero-order valence-electron chi connectivity index (χ0n) is 13.6. The fraction of sp³-hybridized carbons (Fsp3) is 0.588. The molecule has 2 aliphatic heterocycles. The van der Waals surface area contributed by atoms with Crippen molar-refractivity contribution in [1.82, 2.24) is 4.90 Å². The van der Waals surface area contributed by atoms with E-state index in [4.69, 9.17) is 14.2 Å². The number of ether oxygens (including phenoxy) is 3. The SMILES string of the molecule is COc1cc(N2CCCC2)ccc1OCC(=O)N1CCOCC1. The summed E-state index contributed by atoms with van der Waals surface area (Å²) in [6.45, 7) is 4.65. The van der Waals surface area contributed by atoms with Crippen LogP contribution in [0.2, 0.25) is 0 Å². The normalized spacial score (nSPS) is 18.1. The molecule has 0 N–H and O–H groups in total. The molecule has 0 aliphatic carbocycles. The molecule has 6 heteroatoms. The van der Waals surface area contributed by atoms with E-state index < -0.39 is 0 Å². The summed E-state index contributed by atoms with van der Waals surface area (Å²) in [5.41, 5.74) is 1.14. The second-order valence-electron chi connectivity index (χ2n) is 5.81. The van der Waals surface area contributed by atoms with Crippen molar-refractivity contribution in [1.29, 1.82) is 0 Å². The summed E-state index contributed by atoms with van der Waals surface area (Å²) < 4.78 is 16.4. The highest BCUT2D eigenvalue weighted by atomic mass is 16.5. The van der Waals surface area contributed by atoms with E-state index >= 15 is 0 Å². The van der Waals surface area contributed by atoms with E-state index in [0.29, 0.717) is 37.8 Å². The first-order chi connectivity index (χ1) is 11.3. The van der Waals surface area contributed by atoms with Gasteiger partial charge in [-0.3, -0.25) is 4.79 Å². The third-order valence-corrected chi connectivity index (χ3v) is 4.33. The van der Waals surface area contributed by atoms with Crippen LogP contribution in [-0.4, -0.2) is 63.9 Å². The van der Waals surface area contributed by atoms with E-state index in [2.05, 4.69) is 4.90 Å². The number of benzene rings is 1. The number of amides is 1. The first-order valence-corrected chi connectivity index (χ1v) is 8.19. The molecule has 0 aromatic heterocycles. The number of morpholine rings is 1. The fourth-order valence-electron chi connectivity index (χ4n) is 2.99. The highest BCUT2D eigenvalue weighted by Crippen LogP contribution is 2.33. The standard InChI is InChI=1S/C17H24N2O4/c1-21-16-12-14(18-6-2-3-7-18)4-5-15(16)23-13-17(20)19-8-10-22-11-9-19/h4-5,12H,2-3,6-11,13H2,1H3. The molecule has 0 atom stereocenters. The summed E-state index contributed by atoms with van der Waals surface area (Å²) in [4.78, 5) is 16.3. The molecule has 1 aromatic rings. The van der Waals surface area contributed by atoms with Crippen LogP contribution in [0.15, 0.2) is 18.2 Å². The lowest BCUT2D eigenvalue weighted by atomic mass is 10.2. The Morgan fingerprint density at radius 1 is 1.13 bits per heavy atom. The fourth-order valence-corrected chi connectivity index (χ4v) is 2.99. The van der Waals surface area contributed by atoms with Crippen LogP contribution in [0.3, 0.4) is 0 Å². The number of nitrogens with zero attached hydrogens (tertiary/aromatic N) is 2. The minimum atomic E-state index is -0.0148. The Hall–Kier alpha value is -1.95. The maximum atomic E-state index is 12.1. The summed E-state index contributed by atoms with van der Waals surface area (Å²) in [5, 5.41) is 0. The van der Waals surface area contributed by atoms with Crippen LogP contribution in [0.4, 0.5) is 5.69 Å². The average molecular weight is 320 g/mol. The number of carbonyl (C=O) groups excluding carboxylic acids is 1. The Morgan fingerprint density at radius 3 is 2.57 bits per heavy atom. The Kier molecular flexibility index (Phi) is 5.23. The molecule has 0 unspecified atom stereocenters. The predicted molar refractivity (Wildman–Crippen MR) is 87.3 cm³/mol. The maximum Gasteiger partial charge on any atom is 0.260 e. The van der Waals surface area contributed by atoms with Gasteiger partial charge in [0.1, 0.15) is 0 Å². The van der Waals surface area contributed by atoms with E-state index in [1.165, 1.54) is 12.8 Å². The minimum Gasteiger partial charge on any atom is -0.493 e. The molecule has 6 nitrogen and oxygen atoms in total. The summed E-state index contributed by atoms with van der Waals surface area (Å²) >= 11 is 0. The van der Waals surface area contributed by atoms with Gasteiger partial charge in [-0.1, -0.05) is 0 Å². The van der Waals surface area contributed by atoms with Crippen molar-refractivity contribution < 1.29 is 19.0 Å². The molecule has 2 heterocycles. The lowest BCUT2D eigenvalue weighted by Gasteiger charge is -2.27. The first kappa shape index (κ1) is 15.9. The van der Waals surface area contributed by atoms with Gasteiger partial charge in [0, 0.05) is 37.9 Å². The molecule has 0 bridgehead atoms. The van der Waals surface area contributed by atoms with Crippen LogP contribution < -0.4 is 14.4 Å². The highest BCUT2D eigenvalue weighted by Gasteiger charge is 2.19. The largest absolute Gasteiger partial charge is 0.493 e. The van der Waals surface area contributed by atoms with E-state index in [1.54, 1.807) is 12.0 Å². The number of hydrogen-bond acceptors (Lipinski definition) is 5. The molecular weight excluding hydrogens is 296 g/mol. The van der Waals surface area contributed by atoms with Gasteiger partial charge in [0.25, 0.3) is 5.91 Å². The van der Waals surface area contributed by atoms with Crippen molar-refractivity contribution >= 4 is 11.6 Å². The molecule has 2 fully saturated rings. The van der Waals surface area contributed by atoms with Gasteiger partial charge in [0.2, 0.25) is 0 Å². The van der Waals surface area contributed by atoms with Crippen LogP contribution in [0.25, 0.3) is 0 Å². The van der Waals surface area contributed by atoms with Gasteiger partial charge in [-0.25, -0.2) is 0 Å². The monoisotopic (exact) mass is 320 g/mol. The lowest BCUT2D eigenvalue weighted by molar-refractivity contribution is -0.137. The molecule has 23 heavy (non-hydrogen) atoms. The van der Waals surface area contributed by atoms with Crippen LogP contribution in [0, 0.1) is 0 Å². The molecule has 1 aromatic carbocycles. The number of anilines is 1. The third-order valence-electron chi connectivity index (χ3n) is 4.33. The van der Waals surface area contributed by atoms with Crippen LogP contribution in [-0.2, 0) is 9.53 Å². The number of carbonyl (C=O) groups is 1. The highest BCUT2D eigenvalue weighted by molar-refractivity contribution is 5.78. The topological polar surface area (TPSA) is 51.2 Å². The van der Waals surface area contributed by atoms with E-state index in [0.717, 1.165) is 18.8 Å². The van der Waals surface area contributed by atoms with Crippen LogP contribution >= 0.6 is 0 Å². The molecule has 126 valence electrons. The Balaban J connectivity index is 1.61. The molecule has 3 rings (SSSR count).